The van der Waals surface area contributed by atoms with Crippen LogP contribution in [0.2, 0.25) is 0 Å². The van der Waals surface area contributed by atoms with E-state index in [2.05, 4.69) is 30.1 Å². The first-order valence-electron chi connectivity index (χ1n) is 9.36. The van der Waals surface area contributed by atoms with Gasteiger partial charge >= 0.3 is 5.97 Å². The Morgan fingerprint density at radius 2 is 1.79 bits per heavy atom. The van der Waals surface area contributed by atoms with Crippen molar-refractivity contribution in [3.8, 4) is 0 Å². The van der Waals surface area contributed by atoms with Gasteiger partial charge in [-0.15, -0.1) is 24.0 Å². The Balaban J connectivity index is 0.00000300. The number of methoxy groups -OCH3 is 1. The molecule has 0 atom stereocenters. The number of esters is 1. The molecule has 0 radical (unpaired) electrons. The number of aliphatic imine (C=N–C) groups is 1. The second-order valence-electron chi connectivity index (χ2n) is 6.44. The number of piperazine rings is 1. The van der Waals surface area contributed by atoms with Crippen molar-refractivity contribution in [1.29, 1.82) is 0 Å². The maximum absolute atomic E-state index is 11.5. The number of carbonyl (C=O) groups is 1. The van der Waals surface area contributed by atoms with Crippen LogP contribution in [0.5, 0.6) is 0 Å². The topological polar surface area (TPSA) is 83.0 Å². The molecule has 1 aromatic carbocycles. The van der Waals surface area contributed by atoms with Gasteiger partial charge in [-0.25, -0.2) is 14.8 Å². The summed E-state index contributed by atoms with van der Waals surface area (Å²) >= 11 is 0. The number of guanidine groups is 1. The van der Waals surface area contributed by atoms with Crippen LogP contribution in [0.4, 0.5) is 5.95 Å². The molecule has 2 heterocycles. The lowest BCUT2D eigenvalue weighted by Gasteiger charge is -2.36. The number of anilines is 1. The van der Waals surface area contributed by atoms with Gasteiger partial charge in [0.2, 0.25) is 5.95 Å². The molecule has 0 unspecified atom stereocenters. The molecule has 9 heteroatoms. The third-order valence-electron chi connectivity index (χ3n) is 4.70. The Kier molecular flexibility index (Phi) is 9.10. The lowest BCUT2D eigenvalue weighted by molar-refractivity contribution is 0.0600. The highest BCUT2D eigenvalue weighted by Gasteiger charge is 2.20. The van der Waals surface area contributed by atoms with Crippen molar-refractivity contribution in [2.75, 3.05) is 51.8 Å². The van der Waals surface area contributed by atoms with Crippen molar-refractivity contribution < 1.29 is 9.53 Å². The van der Waals surface area contributed by atoms with Gasteiger partial charge in [-0.2, -0.15) is 0 Å². The van der Waals surface area contributed by atoms with Crippen molar-refractivity contribution >= 4 is 41.9 Å². The van der Waals surface area contributed by atoms with Crippen molar-refractivity contribution in [1.82, 2.24) is 20.2 Å². The molecule has 1 aliphatic heterocycles. The predicted molar refractivity (Wildman–Crippen MR) is 124 cm³/mol. The number of ether oxygens (including phenoxy) is 1. The average molecular weight is 510 g/mol. The number of nitrogens with one attached hydrogen (secondary N) is 1. The van der Waals surface area contributed by atoms with E-state index in [0.717, 1.165) is 56.6 Å². The third-order valence-corrected chi connectivity index (χ3v) is 4.70. The molecule has 1 aromatic heterocycles. The Morgan fingerprint density at radius 1 is 1.14 bits per heavy atom. The standard InChI is InChI=1S/C20H26N6O2.HI/c1-21-19(24-11-8-16-4-6-17(7-5-16)18(27)28-2)25-12-14-26(15-13-25)20-22-9-3-10-23-20;/h3-7,9-10H,8,11-15H2,1-2H3,(H,21,24);1H. The van der Waals surface area contributed by atoms with Crippen LogP contribution in [0, 0.1) is 0 Å². The Hall–Kier alpha value is -2.43. The minimum absolute atomic E-state index is 0. The summed E-state index contributed by atoms with van der Waals surface area (Å²) in [5, 5.41) is 3.43. The van der Waals surface area contributed by atoms with Crippen LogP contribution < -0.4 is 10.2 Å². The zero-order chi connectivity index (χ0) is 19.8. The fourth-order valence-corrected chi connectivity index (χ4v) is 3.15. The second-order valence-corrected chi connectivity index (χ2v) is 6.44. The number of hydrogen-bond acceptors (Lipinski definition) is 6. The fraction of sp³-hybridized carbons (Fsp3) is 0.400. The second kappa shape index (κ2) is 11.5. The van der Waals surface area contributed by atoms with E-state index in [1.807, 2.05) is 18.2 Å². The van der Waals surface area contributed by atoms with Crippen molar-refractivity contribution in [3.05, 3.63) is 53.9 Å². The normalized spacial score (nSPS) is 14.2. The molecule has 0 spiro atoms. The van der Waals surface area contributed by atoms with Gasteiger partial charge in [0.1, 0.15) is 0 Å². The molecule has 1 saturated heterocycles. The Morgan fingerprint density at radius 3 is 2.38 bits per heavy atom. The lowest BCUT2D eigenvalue weighted by Crippen LogP contribution is -2.53. The van der Waals surface area contributed by atoms with E-state index in [-0.39, 0.29) is 29.9 Å². The van der Waals surface area contributed by atoms with Gasteiger partial charge < -0.3 is 19.9 Å². The van der Waals surface area contributed by atoms with E-state index in [1.54, 1.807) is 31.6 Å². The molecule has 1 aliphatic rings. The maximum atomic E-state index is 11.5. The molecular formula is C20H27IN6O2. The summed E-state index contributed by atoms with van der Waals surface area (Å²) in [6, 6.07) is 9.32. The number of hydrogen-bond donors (Lipinski definition) is 1. The summed E-state index contributed by atoms with van der Waals surface area (Å²) in [7, 11) is 3.19. The summed E-state index contributed by atoms with van der Waals surface area (Å²) in [5.41, 5.74) is 1.72. The highest BCUT2D eigenvalue weighted by Crippen LogP contribution is 2.10. The van der Waals surface area contributed by atoms with Crippen LogP contribution in [-0.4, -0.2) is 73.7 Å². The highest BCUT2D eigenvalue weighted by molar-refractivity contribution is 14.0. The molecule has 1 fully saturated rings. The zero-order valence-electron chi connectivity index (χ0n) is 16.7. The first-order chi connectivity index (χ1) is 13.7. The van der Waals surface area contributed by atoms with Gasteiger partial charge in [0, 0.05) is 52.2 Å². The van der Waals surface area contributed by atoms with E-state index in [1.165, 1.54) is 7.11 Å². The lowest BCUT2D eigenvalue weighted by atomic mass is 10.1. The number of nitrogens with zero attached hydrogens (tertiary/aromatic N) is 5. The largest absolute Gasteiger partial charge is 0.465 e. The van der Waals surface area contributed by atoms with Crippen LogP contribution in [0.15, 0.2) is 47.7 Å². The van der Waals surface area contributed by atoms with E-state index in [4.69, 9.17) is 4.74 Å². The summed E-state index contributed by atoms with van der Waals surface area (Å²) in [6.45, 7) is 4.23. The van der Waals surface area contributed by atoms with Crippen molar-refractivity contribution in [3.63, 3.8) is 0 Å². The summed E-state index contributed by atoms with van der Waals surface area (Å²) in [5.74, 6) is 1.37. The van der Waals surface area contributed by atoms with E-state index >= 15 is 0 Å². The van der Waals surface area contributed by atoms with Crippen LogP contribution in [0.1, 0.15) is 15.9 Å². The molecule has 0 aliphatic carbocycles. The zero-order valence-corrected chi connectivity index (χ0v) is 19.1. The molecule has 0 bridgehead atoms. The van der Waals surface area contributed by atoms with Crippen molar-refractivity contribution in [2.45, 2.75) is 6.42 Å². The smallest absolute Gasteiger partial charge is 0.337 e. The van der Waals surface area contributed by atoms with Gasteiger partial charge in [-0.3, -0.25) is 4.99 Å². The molecule has 0 amide bonds. The van der Waals surface area contributed by atoms with E-state index in [9.17, 15) is 4.79 Å². The molecule has 3 rings (SSSR count). The summed E-state index contributed by atoms with van der Waals surface area (Å²) in [6.07, 6.45) is 4.39. The Bertz CT molecular complexity index is 792. The SMILES string of the molecule is CN=C(NCCc1ccc(C(=O)OC)cc1)N1CCN(c2ncccn2)CC1.I. The minimum atomic E-state index is -0.315. The van der Waals surface area contributed by atoms with E-state index in [0.29, 0.717) is 5.56 Å². The number of benzene rings is 1. The summed E-state index contributed by atoms with van der Waals surface area (Å²) in [4.78, 5) is 29.0. The Labute approximate surface area is 188 Å². The molecular weight excluding hydrogens is 483 g/mol. The highest BCUT2D eigenvalue weighted by atomic mass is 127. The predicted octanol–water partition coefficient (Wildman–Crippen LogP) is 1.82. The molecule has 2 aromatic rings. The van der Waals surface area contributed by atoms with Gasteiger partial charge in [0.15, 0.2) is 5.96 Å². The molecule has 1 N–H and O–H groups in total. The number of rotatable bonds is 5. The van der Waals surface area contributed by atoms with Crippen LogP contribution >= 0.6 is 24.0 Å². The minimum Gasteiger partial charge on any atom is -0.465 e. The molecule has 29 heavy (non-hydrogen) atoms. The van der Waals surface area contributed by atoms with Crippen LogP contribution in [0.25, 0.3) is 0 Å². The third kappa shape index (κ3) is 6.28. The van der Waals surface area contributed by atoms with Gasteiger partial charge in [-0.1, -0.05) is 12.1 Å². The van der Waals surface area contributed by atoms with Gasteiger partial charge in [-0.05, 0) is 30.2 Å². The molecule has 8 nitrogen and oxygen atoms in total. The quantitative estimate of drug-likeness (QED) is 0.285. The average Bonchev–Trinajstić information content (AvgIpc) is 2.77. The van der Waals surface area contributed by atoms with E-state index < -0.39 is 0 Å². The van der Waals surface area contributed by atoms with Crippen molar-refractivity contribution in [2.24, 2.45) is 4.99 Å². The number of halogens is 1. The monoisotopic (exact) mass is 510 g/mol. The van der Waals surface area contributed by atoms with Gasteiger partial charge in [0.25, 0.3) is 0 Å². The number of aromatic nitrogens is 2. The molecule has 156 valence electrons. The van der Waals surface area contributed by atoms with Crippen LogP contribution in [0.3, 0.4) is 0 Å². The molecule has 0 saturated carbocycles. The van der Waals surface area contributed by atoms with Gasteiger partial charge in [0.05, 0.1) is 12.7 Å². The number of carbonyl (C=O) groups excluding carboxylic acids is 1. The van der Waals surface area contributed by atoms with Crippen LogP contribution in [-0.2, 0) is 11.2 Å². The maximum Gasteiger partial charge on any atom is 0.337 e. The first kappa shape index (κ1) is 22.9. The first-order valence-corrected chi connectivity index (χ1v) is 9.36. The summed E-state index contributed by atoms with van der Waals surface area (Å²) < 4.78 is 4.72. The fourth-order valence-electron chi connectivity index (χ4n) is 3.15.